The second-order valence-electron chi connectivity index (χ2n) is 6.89. The largest absolute Gasteiger partial charge is 0.458 e. The third-order valence-corrected chi connectivity index (χ3v) is 4.86. The molecule has 3 aromatic rings. The fraction of sp³-hybridized carbons (Fsp3) is 0.238. The minimum atomic E-state index is -4.92. The SMILES string of the molecule is Cc1onc(-c2ccccc2)c1Cc1ccc(C2=NOC(O)(C(F)(F)F)C2)cc1. The molecule has 0 bridgehead atoms. The first-order valence-electron chi connectivity index (χ1n) is 8.91. The quantitative estimate of drug-likeness (QED) is 0.692. The predicted octanol–water partition coefficient (Wildman–Crippen LogP) is 4.62. The first-order valence-corrected chi connectivity index (χ1v) is 8.91. The molecule has 5 nitrogen and oxygen atoms in total. The summed E-state index contributed by atoms with van der Waals surface area (Å²) in [6, 6.07) is 16.6. The number of hydrogen-bond donors (Lipinski definition) is 1. The van der Waals surface area contributed by atoms with Gasteiger partial charge in [-0.05, 0) is 18.1 Å². The summed E-state index contributed by atoms with van der Waals surface area (Å²) in [4.78, 5) is 4.27. The number of nitrogens with zero attached hydrogens (tertiary/aromatic N) is 2. The number of aryl methyl sites for hydroxylation is 1. The Hall–Kier alpha value is -3.13. The molecule has 0 radical (unpaired) electrons. The molecule has 1 N–H and O–H groups in total. The van der Waals surface area contributed by atoms with Crippen LogP contribution in [0.2, 0.25) is 0 Å². The molecule has 2 heterocycles. The Morgan fingerprint density at radius 3 is 2.34 bits per heavy atom. The lowest BCUT2D eigenvalue weighted by Gasteiger charge is -2.22. The van der Waals surface area contributed by atoms with Crippen molar-refractivity contribution in [2.75, 3.05) is 0 Å². The number of alkyl halides is 3. The van der Waals surface area contributed by atoms with Gasteiger partial charge in [-0.1, -0.05) is 64.9 Å². The highest BCUT2D eigenvalue weighted by Crippen LogP contribution is 2.39. The summed E-state index contributed by atoms with van der Waals surface area (Å²) in [7, 11) is 0. The molecule has 29 heavy (non-hydrogen) atoms. The van der Waals surface area contributed by atoms with E-state index in [0.717, 1.165) is 22.4 Å². The normalized spacial score (nSPS) is 19.1. The van der Waals surface area contributed by atoms with Crippen LogP contribution in [0.5, 0.6) is 0 Å². The highest BCUT2D eigenvalue weighted by molar-refractivity contribution is 6.01. The van der Waals surface area contributed by atoms with Crippen LogP contribution in [0.3, 0.4) is 0 Å². The Kier molecular flexibility index (Phi) is 4.66. The number of rotatable bonds is 4. The van der Waals surface area contributed by atoms with E-state index in [0.29, 0.717) is 17.7 Å². The average molecular weight is 402 g/mol. The molecule has 1 aromatic heterocycles. The number of aliphatic hydroxyl groups is 1. The maximum Gasteiger partial charge on any atom is 0.458 e. The highest BCUT2D eigenvalue weighted by Gasteiger charge is 2.60. The van der Waals surface area contributed by atoms with Crippen LogP contribution in [-0.4, -0.2) is 27.9 Å². The van der Waals surface area contributed by atoms with Gasteiger partial charge in [-0.2, -0.15) is 13.2 Å². The van der Waals surface area contributed by atoms with Gasteiger partial charge in [0.05, 0.1) is 12.1 Å². The second kappa shape index (κ2) is 7.04. The second-order valence-corrected chi connectivity index (χ2v) is 6.89. The third kappa shape index (κ3) is 3.63. The topological polar surface area (TPSA) is 67.9 Å². The van der Waals surface area contributed by atoms with Gasteiger partial charge in [0.1, 0.15) is 11.5 Å². The molecular weight excluding hydrogens is 385 g/mol. The van der Waals surface area contributed by atoms with Crippen molar-refractivity contribution in [1.29, 1.82) is 0 Å². The molecule has 0 saturated heterocycles. The number of oxime groups is 1. The fourth-order valence-electron chi connectivity index (χ4n) is 3.17. The maximum atomic E-state index is 12.9. The van der Waals surface area contributed by atoms with Crippen LogP contribution in [0.15, 0.2) is 64.3 Å². The molecule has 4 rings (SSSR count). The molecular formula is C21H17F3N2O3. The molecule has 1 aliphatic rings. The van der Waals surface area contributed by atoms with Gasteiger partial charge in [0.15, 0.2) is 0 Å². The third-order valence-electron chi connectivity index (χ3n) is 4.86. The molecule has 1 atom stereocenters. The van der Waals surface area contributed by atoms with Crippen molar-refractivity contribution in [3.63, 3.8) is 0 Å². The highest BCUT2D eigenvalue weighted by atomic mass is 19.4. The lowest BCUT2D eigenvalue weighted by Crippen LogP contribution is -2.45. The van der Waals surface area contributed by atoms with E-state index in [1.165, 1.54) is 0 Å². The zero-order valence-corrected chi connectivity index (χ0v) is 15.4. The van der Waals surface area contributed by atoms with Crippen molar-refractivity contribution in [1.82, 2.24) is 5.16 Å². The van der Waals surface area contributed by atoms with Crippen molar-refractivity contribution in [2.24, 2.45) is 5.16 Å². The Balaban J connectivity index is 1.53. The Bertz CT molecular complexity index is 1040. The molecule has 1 unspecified atom stereocenters. The Morgan fingerprint density at radius 1 is 1.03 bits per heavy atom. The number of benzene rings is 2. The standard InChI is InChI=1S/C21H17F3N2O3/c1-13-17(19(26-28-13)16-5-3-2-4-6-16)11-14-7-9-15(10-8-14)18-12-20(27,29-25-18)21(22,23)24/h2-10,27H,11-12H2,1H3. The van der Waals surface area contributed by atoms with Gasteiger partial charge >= 0.3 is 12.0 Å². The predicted molar refractivity (Wildman–Crippen MR) is 99.2 cm³/mol. The van der Waals surface area contributed by atoms with E-state index in [9.17, 15) is 18.3 Å². The number of hydrogen-bond acceptors (Lipinski definition) is 5. The van der Waals surface area contributed by atoms with Gasteiger partial charge < -0.3 is 14.5 Å². The van der Waals surface area contributed by atoms with Crippen LogP contribution in [-0.2, 0) is 11.3 Å². The van der Waals surface area contributed by atoms with E-state index in [-0.39, 0.29) is 5.71 Å². The van der Waals surface area contributed by atoms with Crippen LogP contribution >= 0.6 is 0 Å². The maximum absolute atomic E-state index is 12.9. The Labute approximate surface area is 164 Å². The summed E-state index contributed by atoms with van der Waals surface area (Å²) < 4.78 is 43.9. The summed E-state index contributed by atoms with van der Waals surface area (Å²) in [5.41, 5.74) is 4.08. The van der Waals surface area contributed by atoms with E-state index >= 15 is 0 Å². The first kappa shape index (κ1) is 19.2. The molecule has 0 saturated carbocycles. The van der Waals surface area contributed by atoms with E-state index in [1.807, 2.05) is 37.3 Å². The molecule has 2 aromatic carbocycles. The minimum Gasteiger partial charge on any atom is -0.361 e. The number of aromatic nitrogens is 1. The van der Waals surface area contributed by atoms with Gasteiger partial charge in [0, 0.05) is 17.5 Å². The molecule has 0 spiro atoms. The molecule has 8 heteroatoms. The molecule has 0 aliphatic carbocycles. The van der Waals surface area contributed by atoms with Gasteiger partial charge in [-0.3, -0.25) is 0 Å². The first-order chi connectivity index (χ1) is 13.8. The summed E-state index contributed by atoms with van der Waals surface area (Å²) in [6.45, 7) is 1.84. The lowest BCUT2D eigenvalue weighted by molar-refractivity contribution is -0.355. The monoisotopic (exact) mass is 402 g/mol. The van der Waals surface area contributed by atoms with Crippen LogP contribution in [0.1, 0.15) is 28.9 Å². The Morgan fingerprint density at radius 2 is 1.72 bits per heavy atom. The number of halogens is 3. The minimum absolute atomic E-state index is 0.0440. The van der Waals surface area contributed by atoms with E-state index in [4.69, 9.17) is 4.52 Å². The van der Waals surface area contributed by atoms with Gasteiger partial charge in [0.2, 0.25) is 0 Å². The zero-order chi connectivity index (χ0) is 20.6. The molecule has 150 valence electrons. The van der Waals surface area contributed by atoms with Crippen LogP contribution < -0.4 is 0 Å². The average Bonchev–Trinajstić information content (AvgIpc) is 3.27. The van der Waals surface area contributed by atoms with E-state index in [1.54, 1.807) is 24.3 Å². The van der Waals surface area contributed by atoms with Crippen LogP contribution in [0.4, 0.5) is 13.2 Å². The van der Waals surface area contributed by atoms with Gasteiger partial charge in [0.25, 0.3) is 0 Å². The van der Waals surface area contributed by atoms with Gasteiger partial charge in [-0.15, -0.1) is 0 Å². The molecule has 0 fully saturated rings. The van der Waals surface area contributed by atoms with Crippen molar-refractivity contribution in [3.05, 3.63) is 77.0 Å². The van der Waals surface area contributed by atoms with E-state index in [2.05, 4.69) is 15.1 Å². The zero-order valence-electron chi connectivity index (χ0n) is 15.4. The van der Waals surface area contributed by atoms with Crippen molar-refractivity contribution < 1.29 is 27.6 Å². The molecule has 0 amide bonds. The summed E-state index contributed by atoms with van der Waals surface area (Å²) in [5.74, 6) is -2.57. The van der Waals surface area contributed by atoms with Crippen molar-refractivity contribution in [3.8, 4) is 11.3 Å². The van der Waals surface area contributed by atoms with Crippen LogP contribution in [0, 0.1) is 6.92 Å². The molecule has 1 aliphatic heterocycles. The summed E-state index contributed by atoms with van der Waals surface area (Å²) >= 11 is 0. The smallest absolute Gasteiger partial charge is 0.361 e. The summed E-state index contributed by atoms with van der Waals surface area (Å²) in [5, 5.41) is 17.2. The summed E-state index contributed by atoms with van der Waals surface area (Å²) in [6.07, 6.45) is -5.12. The van der Waals surface area contributed by atoms with Crippen molar-refractivity contribution in [2.45, 2.75) is 31.7 Å². The fourth-order valence-corrected chi connectivity index (χ4v) is 3.17. The van der Waals surface area contributed by atoms with E-state index < -0.39 is 18.4 Å². The van der Waals surface area contributed by atoms with Crippen molar-refractivity contribution >= 4 is 5.71 Å². The van der Waals surface area contributed by atoms with Crippen LogP contribution in [0.25, 0.3) is 11.3 Å². The van der Waals surface area contributed by atoms with Gasteiger partial charge in [-0.25, -0.2) is 0 Å². The lowest BCUT2D eigenvalue weighted by atomic mass is 9.97.